The van der Waals surface area contributed by atoms with E-state index in [0.717, 1.165) is 18.4 Å². The van der Waals surface area contributed by atoms with E-state index in [1.54, 1.807) is 41.1 Å². The number of benzene rings is 1. The van der Waals surface area contributed by atoms with Crippen molar-refractivity contribution in [3.8, 4) is 0 Å². The Labute approximate surface area is 306 Å². The number of rotatable bonds is 24. The number of nitrogens with zero attached hydrogens (tertiary/aromatic N) is 2. The molecule has 0 saturated carbocycles. The van der Waals surface area contributed by atoms with Crippen LogP contribution in [0.15, 0.2) is 30.3 Å². The summed E-state index contributed by atoms with van der Waals surface area (Å²) in [6.45, 7) is 6.18. The molecule has 290 valence electrons. The number of carbonyl (C=O) groups is 7. The molecule has 0 aliphatic carbocycles. The molecule has 0 aromatic heterocycles. The number of aliphatic hydroxyl groups is 1. The van der Waals surface area contributed by atoms with Crippen molar-refractivity contribution in [2.75, 3.05) is 52.9 Å². The maximum atomic E-state index is 13.0. The predicted octanol–water partition coefficient (Wildman–Crippen LogP) is -0.851. The SMILES string of the molecule is CCC(C)(CC)C1CC(O)N(CCCCCC(=O)NCC(=O)NCC(=O)N[C@@H](Cc2ccccc2)C(=O)NCC(=O)NCCN(C)CC(N)=O)C1=O. The lowest BCUT2D eigenvalue weighted by atomic mass is 9.72. The molecule has 1 heterocycles. The van der Waals surface area contributed by atoms with Crippen LogP contribution in [0.4, 0.5) is 0 Å². The number of carbonyl (C=O) groups excluding carboxylic acids is 7. The fraction of sp³-hybridized carbons (Fsp3) is 0.639. The molecule has 0 bridgehead atoms. The van der Waals surface area contributed by atoms with E-state index < -0.39 is 48.4 Å². The fourth-order valence-electron chi connectivity index (χ4n) is 6.01. The molecular weight excluding hydrogens is 672 g/mol. The van der Waals surface area contributed by atoms with Gasteiger partial charge in [0.1, 0.15) is 12.3 Å². The van der Waals surface area contributed by atoms with Gasteiger partial charge in [-0.3, -0.25) is 38.5 Å². The molecule has 1 fully saturated rings. The molecule has 1 aromatic rings. The van der Waals surface area contributed by atoms with Crippen LogP contribution < -0.4 is 32.3 Å². The number of amides is 7. The largest absolute Gasteiger partial charge is 0.373 e. The molecule has 7 amide bonds. The van der Waals surface area contributed by atoms with Gasteiger partial charge in [0, 0.05) is 44.8 Å². The van der Waals surface area contributed by atoms with Gasteiger partial charge in [-0.15, -0.1) is 0 Å². The average molecular weight is 731 g/mol. The van der Waals surface area contributed by atoms with Crippen LogP contribution in [0.25, 0.3) is 0 Å². The van der Waals surface area contributed by atoms with Gasteiger partial charge in [-0.2, -0.15) is 0 Å². The molecule has 0 spiro atoms. The first-order valence-corrected chi connectivity index (χ1v) is 18.1. The number of hydrogen-bond acceptors (Lipinski definition) is 9. The molecule has 16 heteroatoms. The number of nitrogens with two attached hydrogens (primary N) is 1. The van der Waals surface area contributed by atoms with Crippen molar-refractivity contribution in [3.63, 3.8) is 0 Å². The van der Waals surface area contributed by atoms with E-state index >= 15 is 0 Å². The van der Waals surface area contributed by atoms with Gasteiger partial charge in [0.05, 0.1) is 26.2 Å². The lowest BCUT2D eigenvalue weighted by Crippen LogP contribution is -2.52. The Morgan fingerprint density at radius 2 is 1.52 bits per heavy atom. The summed E-state index contributed by atoms with van der Waals surface area (Å²) >= 11 is 0. The van der Waals surface area contributed by atoms with Gasteiger partial charge < -0.3 is 42.3 Å². The van der Waals surface area contributed by atoms with Crippen molar-refractivity contribution >= 4 is 41.4 Å². The number of unbranched alkanes of at least 4 members (excludes halogenated alkanes) is 2. The van der Waals surface area contributed by atoms with Crippen molar-refractivity contribution in [3.05, 3.63) is 35.9 Å². The minimum Gasteiger partial charge on any atom is -0.373 e. The summed E-state index contributed by atoms with van der Waals surface area (Å²) in [4.78, 5) is 89.6. The second-order valence-corrected chi connectivity index (χ2v) is 13.6. The zero-order chi connectivity index (χ0) is 38.7. The number of likely N-dealkylation sites (tertiary alicyclic amines) is 1. The van der Waals surface area contributed by atoms with Gasteiger partial charge in [-0.05, 0) is 43.7 Å². The van der Waals surface area contributed by atoms with Gasteiger partial charge in [0.15, 0.2) is 0 Å². The number of likely N-dealkylation sites (N-methyl/N-ethyl adjacent to an activating group) is 1. The van der Waals surface area contributed by atoms with E-state index in [0.29, 0.717) is 38.8 Å². The normalized spacial score (nSPS) is 16.3. The van der Waals surface area contributed by atoms with E-state index in [-0.39, 0.29) is 62.2 Å². The Kier molecular flexibility index (Phi) is 18.8. The standard InChI is InChI=1S/C36H58N8O8/c1-5-36(3,6-2)26-20-33(50)44(35(26)52)17-12-8-11-15-29(46)39-21-31(48)40-23-32(49)42-27(19-25-13-9-7-10-14-25)34(51)41-22-30(47)38-16-18-43(4)24-28(37)45/h7,9-10,13-14,26-27,33,50H,5-6,8,11-12,15-24H2,1-4H3,(H2,37,45)(H,38,47)(H,39,46)(H,40,48)(H,41,51)(H,42,49)/t26?,27-,33?/m0/s1. The number of nitrogens with one attached hydrogen (secondary N) is 5. The molecule has 1 aliphatic rings. The van der Waals surface area contributed by atoms with Crippen LogP contribution in [0.1, 0.15) is 71.3 Å². The van der Waals surface area contributed by atoms with E-state index in [1.807, 2.05) is 6.07 Å². The number of aliphatic hydroxyl groups excluding tert-OH is 1. The Hall–Kier alpha value is -4.57. The molecule has 1 aliphatic heterocycles. The van der Waals surface area contributed by atoms with Crippen LogP contribution in [-0.4, -0.2) is 121 Å². The molecular formula is C36H58N8O8. The summed E-state index contributed by atoms with van der Waals surface area (Å²) in [5.41, 5.74) is 5.77. The lowest BCUT2D eigenvalue weighted by Gasteiger charge is -2.32. The fourth-order valence-corrected chi connectivity index (χ4v) is 6.01. The molecule has 3 atom stereocenters. The smallest absolute Gasteiger partial charge is 0.243 e. The Morgan fingerprint density at radius 3 is 2.17 bits per heavy atom. The Balaban J connectivity index is 1.71. The highest BCUT2D eigenvalue weighted by Gasteiger charge is 2.46. The zero-order valence-corrected chi connectivity index (χ0v) is 31.0. The van der Waals surface area contributed by atoms with Crippen molar-refractivity contribution in [2.45, 2.75) is 84.4 Å². The average Bonchev–Trinajstić information content (AvgIpc) is 3.40. The van der Waals surface area contributed by atoms with Crippen LogP contribution in [0, 0.1) is 11.3 Å². The van der Waals surface area contributed by atoms with Crippen molar-refractivity contribution < 1.29 is 38.7 Å². The van der Waals surface area contributed by atoms with Gasteiger partial charge in [-0.1, -0.05) is 57.5 Å². The molecule has 16 nitrogen and oxygen atoms in total. The minimum absolute atomic E-state index is 0.00804. The monoisotopic (exact) mass is 730 g/mol. The van der Waals surface area contributed by atoms with E-state index in [4.69, 9.17) is 5.73 Å². The highest BCUT2D eigenvalue weighted by atomic mass is 16.3. The van der Waals surface area contributed by atoms with Gasteiger partial charge in [-0.25, -0.2) is 0 Å². The van der Waals surface area contributed by atoms with E-state index in [2.05, 4.69) is 47.4 Å². The zero-order valence-electron chi connectivity index (χ0n) is 31.0. The molecule has 2 unspecified atom stereocenters. The van der Waals surface area contributed by atoms with Crippen LogP contribution in [0.5, 0.6) is 0 Å². The first kappa shape index (κ1) is 43.6. The predicted molar refractivity (Wildman–Crippen MR) is 194 cm³/mol. The quantitative estimate of drug-likeness (QED) is 0.0656. The topological polar surface area (TPSA) is 232 Å². The summed E-state index contributed by atoms with van der Waals surface area (Å²) in [6.07, 6.45) is 3.53. The third kappa shape index (κ3) is 15.4. The second-order valence-electron chi connectivity index (χ2n) is 13.6. The Morgan fingerprint density at radius 1 is 0.904 bits per heavy atom. The maximum Gasteiger partial charge on any atom is 0.243 e. The summed E-state index contributed by atoms with van der Waals surface area (Å²) in [5.74, 6) is -3.31. The van der Waals surface area contributed by atoms with Crippen LogP contribution in [-0.2, 0) is 40.0 Å². The van der Waals surface area contributed by atoms with Crippen molar-refractivity contribution in [1.82, 2.24) is 36.4 Å². The Bertz CT molecular complexity index is 1360. The molecule has 0 radical (unpaired) electrons. The van der Waals surface area contributed by atoms with Crippen LogP contribution in [0.2, 0.25) is 0 Å². The molecule has 1 aromatic carbocycles. The first-order valence-electron chi connectivity index (χ1n) is 18.1. The third-order valence-electron chi connectivity index (χ3n) is 9.64. The van der Waals surface area contributed by atoms with E-state index in [1.165, 1.54) is 0 Å². The summed E-state index contributed by atoms with van der Waals surface area (Å²) in [5, 5.41) is 23.2. The van der Waals surface area contributed by atoms with Gasteiger partial charge >= 0.3 is 0 Å². The second kappa shape index (κ2) is 22.4. The van der Waals surface area contributed by atoms with Crippen molar-refractivity contribution in [2.24, 2.45) is 17.1 Å². The summed E-state index contributed by atoms with van der Waals surface area (Å²) in [7, 11) is 1.68. The maximum absolute atomic E-state index is 13.0. The van der Waals surface area contributed by atoms with Crippen LogP contribution in [0.3, 0.4) is 0 Å². The number of primary amides is 1. The van der Waals surface area contributed by atoms with E-state index in [9.17, 15) is 38.7 Å². The highest BCUT2D eigenvalue weighted by molar-refractivity contribution is 5.92. The lowest BCUT2D eigenvalue weighted by molar-refractivity contribution is -0.138. The summed E-state index contributed by atoms with van der Waals surface area (Å²) < 4.78 is 0. The molecule has 52 heavy (non-hydrogen) atoms. The van der Waals surface area contributed by atoms with Crippen LogP contribution >= 0.6 is 0 Å². The highest BCUT2D eigenvalue weighted by Crippen LogP contribution is 2.42. The van der Waals surface area contributed by atoms with Gasteiger partial charge in [0.25, 0.3) is 0 Å². The third-order valence-corrected chi connectivity index (χ3v) is 9.64. The van der Waals surface area contributed by atoms with Crippen molar-refractivity contribution in [1.29, 1.82) is 0 Å². The molecule has 2 rings (SSSR count). The summed E-state index contributed by atoms with van der Waals surface area (Å²) in [6, 6.07) is 7.92. The molecule has 8 N–H and O–H groups in total. The molecule has 1 saturated heterocycles. The number of hydrogen-bond donors (Lipinski definition) is 7. The van der Waals surface area contributed by atoms with Gasteiger partial charge in [0.2, 0.25) is 41.4 Å². The minimum atomic E-state index is -1.04. The first-order chi connectivity index (χ1) is 24.7.